The molecule has 196 valence electrons. The summed E-state index contributed by atoms with van der Waals surface area (Å²) in [6, 6.07) is 2.63. The van der Waals surface area contributed by atoms with E-state index in [-0.39, 0.29) is 10.8 Å². The number of aromatic hydroxyl groups is 2. The molecule has 0 radical (unpaired) electrons. The number of hydrogen-bond donors (Lipinski definition) is 4. The van der Waals surface area contributed by atoms with E-state index in [4.69, 9.17) is 8.83 Å². The van der Waals surface area contributed by atoms with Crippen LogP contribution < -0.4 is 10.9 Å². The van der Waals surface area contributed by atoms with Crippen LogP contribution in [0.2, 0.25) is 0 Å². The minimum atomic E-state index is -0.464. The molecule has 0 bridgehead atoms. The smallest absolute Gasteiger partial charge is 0.226 e. The van der Waals surface area contributed by atoms with E-state index in [0.717, 1.165) is 44.6 Å². The summed E-state index contributed by atoms with van der Waals surface area (Å²) in [5.74, 6) is 0.204. The average molecular weight is 493 g/mol. The Morgan fingerprint density at radius 1 is 0.686 bits per heavy atom. The molecule has 2 aromatic heterocycles. The molecule has 0 aliphatic carbocycles. The maximum atomic E-state index is 11.7. The fourth-order valence-electron chi connectivity index (χ4n) is 4.20. The molecule has 8 heteroatoms. The highest BCUT2D eigenvalue weighted by Gasteiger charge is 2.25. The van der Waals surface area contributed by atoms with E-state index in [1.807, 2.05) is 27.7 Å². The van der Waals surface area contributed by atoms with Gasteiger partial charge in [-0.2, -0.15) is 0 Å². The highest BCUT2D eigenvalue weighted by atomic mass is 16.4. The summed E-state index contributed by atoms with van der Waals surface area (Å²) in [7, 11) is 0. The zero-order chi connectivity index (χ0) is 26.2. The summed E-state index contributed by atoms with van der Waals surface area (Å²) < 4.78 is 10.7. The lowest BCUT2D eigenvalue weighted by molar-refractivity contribution is 0.118. The fraction of sp³-hybridized carbons (Fsp3) is 0.630. The Balaban J connectivity index is 1.65. The molecule has 0 aliphatic heterocycles. The first-order chi connectivity index (χ1) is 16.3. The normalized spacial score (nSPS) is 14.1. The largest absolute Gasteiger partial charge is 0.502 e. The van der Waals surface area contributed by atoms with Crippen LogP contribution in [-0.2, 0) is 10.8 Å². The molecular weight excluding hydrogens is 452 g/mol. The van der Waals surface area contributed by atoms with Crippen molar-refractivity contribution in [3.8, 4) is 11.5 Å². The van der Waals surface area contributed by atoms with Gasteiger partial charge < -0.3 is 29.3 Å². The Bertz CT molecular complexity index is 966. The van der Waals surface area contributed by atoms with Gasteiger partial charge in [0, 0.05) is 23.0 Å². The third-order valence-corrected chi connectivity index (χ3v) is 6.71. The summed E-state index contributed by atoms with van der Waals surface area (Å²) in [4.78, 5) is 23.3. The van der Waals surface area contributed by atoms with Gasteiger partial charge in [0.05, 0.1) is 12.2 Å². The zero-order valence-electron chi connectivity index (χ0n) is 21.2. The Kier molecular flexibility index (Phi) is 10.2. The molecule has 2 aromatic rings. The molecule has 35 heavy (non-hydrogen) atoms. The van der Waals surface area contributed by atoms with E-state index in [2.05, 4.69) is 0 Å². The Hall–Kier alpha value is -2.58. The van der Waals surface area contributed by atoms with Crippen molar-refractivity contribution in [3.63, 3.8) is 0 Å². The monoisotopic (exact) mass is 492 g/mol. The van der Waals surface area contributed by atoms with E-state index in [1.165, 1.54) is 12.1 Å². The van der Waals surface area contributed by atoms with E-state index in [9.17, 15) is 30.0 Å². The van der Waals surface area contributed by atoms with Crippen LogP contribution >= 0.6 is 0 Å². The van der Waals surface area contributed by atoms with Crippen molar-refractivity contribution < 1.29 is 29.3 Å². The molecule has 0 aliphatic rings. The SMILES string of the molecule is CC(C)(CCCC(O)CCCC(O)CCCC(C)(C)c1cc(=O)c(O)co1)c1cc(=O)c(O)co1. The van der Waals surface area contributed by atoms with Gasteiger partial charge in [-0.3, -0.25) is 9.59 Å². The van der Waals surface area contributed by atoms with Crippen molar-refractivity contribution >= 4 is 0 Å². The molecule has 0 amide bonds. The van der Waals surface area contributed by atoms with Crippen molar-refractivity contribution in [3.05, 3.63) is 56.6 Å². The average Bonchev–Trinajstić information content (AvgIpc) is 2.77. The van der Waals surface area contributed by atoms with Crippen LogP contribution in [0.15, 0.2) is 43.1 Å². The van der Waals surface area contributed by atoms with Gasteiger partial charge in [-0.1, -0.05) is 27.7 Å². The maximum Gasteiger partial charge on any atom is 0.226 e. The first-order valence-electron chi connectivity index (χ1n) is 12.3. The van der Waals surface area contributed by atoms with Crippen LogP contribution in [0.1, 0.15) is 97.0 Å². The van der Waals surface area contributed by atoms with Gasteiger partial charge in [0.25, 0.3) is 0 Å². The third-order valence-electron chi connectivity index (χ3n) is 6.71. The lowest BCUT2D eigenvalue weighted by atomic mass is 9.83. The second-order valence-electron chi connectivity index (χ2n) is 10.8. The van der Waals surface area contributed by atoms with Crippen molar-refractivity contribution in [2.45, 2.75) is 109 Å². The van der Waals surface area contributed by atoms with E-state index in [1.54, 1.807) is 0 Å². The summed E-state index contributed by atoms with van der Waals surface area (Å²) in [5.41, 5.74) is -1.71. The molecule has 0 saturated heterocycles. The molecule has 0 fully saturated rings. The lowest BCUT2D eigenvalue weighted by Gasteiger charge is -2.24. The molecule has 2 rings (SSSR count). The fourth-order valence-corrected chi connectivity index (χ4v) is 4.20. The molecule has 2 unspecified atom stereocenters. The van der Waals surface area contributed by atoms with Gasteiger partial charge >= 0.3 is 0 Å². The van der Waals surface area contributed by atoms with Crippen LogP contribution in [0.3, 0.4) is 0 Å². The lowest BCUT2D eigenvalue weighted by Crippen LogP contribution is -2.20. The molecule has 0 aromatic carbocycles. The van der Waals surface area contributed by atoms with Gasteiger partial charge in [-0.15, -0.1) is 0 Å². The predicted molar refractivity (Wildman–Crippen MR) is 133 cm³/mol. The molecular formula is C27H40O8. The topological polar surface area (TPSA) is 141 Å². The molecule has 2 atom stereocenters. The molecule has 4 N–H and O–H groups in total. The number of aliphatic hydroxyl groups excluding tert-OH is 2. The third kappa shape index (κ3) is 8.85. The Morgan fingerprint density at radius 2 is 1.03 bits per heavy atom. The summed E-state index contributed by atoms with van der Waals surface area (Å²) in [6.45, 7) is 7.84. The van der Waals surface area contributed by atoms with Crippen molar-refractivity contribution in [2.24, 2.45) is 0 Å². The van der Waals surface area contributed by atoms with E-state index in [0.29, 0.717) is 37.2 Å². The number of aliphatic hydroxyl groups is 2. The van der Waals surface area contributed by atoms with E-state index >= 15 is 0 Å². The zero-order valence-corrected chi connectivity index (χ0v) is 21.2. The standard InChI is InChI=1S/C27H40O8/c1-26(2,24-14-20(30)22(32)16-34-24)12-6-10-18(28)8-5-9-19(29)11-7-13-27(3,4)25-15-21(31)23(33)17-35-25/h14-19,28-29,32-33H,5-13H2,1-4H3. The van der Waals surface area contributed by atoms with Crippen molar-refractivity contribution in [2.75, 3.05) is 0 Å². The minimum Gasteiger partial charge on any atom is -0.502 e. The van der Waals surface area contributed by atoms with Gasteiger partial charge in [0.15, 0.2) is 11.5 Å². The Morgan fingerprint density at radius 3 is 1.37 bits per heavy atom. The summed E-state index contributed by atoms with van der Waals surface area (Å²) in [6.07, 6.45) is 7.32. The second-order valence-corrected chi connectivity index (χ2v) is 10.8. The van der Waals surface area contributed by atoms with Crippen molar-refractivity contribution in [1.82, 2.24) is 0 Å². The van der Waals surface area contributed by atoms with Gasteiger partial charge in [-0.05, 0) is 57.8 Å². The maximum absolute atomic E-state index is 11.7. The minimum absolute atomic E-state index is 0.390. The second kappa shape index (κ2) is 12.4. The van der Waals surface area contributed by atoms with Crippen LogP contribution in [0.4, 0.5) is 0 Å². The van der Waals surface area contributed by atoms with E-state index < -0.39 is 34.6 Å². The highest BCUT2D eigenvalue weighted by molar-refractivity contribution is 5.20. The number of hydrogen-bond acceptors (Lipinski definition) is 8. The van der Waals surface area contributed by atoms with Crippen LogP contribution in [0.5, 0.6) is 11.5 Å². The number of rotatable bonds is 14. The van der Waals surface area contributed by atoms with Crippen molar-refractivity contribution in [1.29, 1.82) is 0 Å². The first kappa shape index (κ1) is 28.7. The highest BCUT2D eigenvalue weighted by Crippen LogP contribution is 2.31. The summed E-state index contributed by atoms with van der Waals surface area (Å²) >= 11 is 0. The Labute approximate surface area is 206 Å². The quantitative estimate of drug-likeness (QED) is 0.302. The first-order valence-corrected chi connectivity index (χ1v) is 12.3. The predicted octanol–water partition coefficient (Wildman–Crippen LogP) is 4.49. The molecule has 0 saturated carbocycles. The van der Waals surface area contributed by atoms with Gasteiger partial charge in [0.2, 0.25) is 10.9 Å². The summed E-state index contributed by atoms with van der Waals surface area (Å²) in [5, 5.41) is 39.3. The van der Waals surface area contributed by atoms with Gasteiger partial charge in [0.1, 0.15) is 24.0 Å². The van der Waals surface area contributed by atoms with Gasteiger partial charge in [-0.25, -0.2) is 0 Å². The van der Waals surface area contributed by atoms with Crippen LogP contribution in [0, 0.1) is 0 Å². The molecule has 8 nitrogen and oxygen atoms in total. The van der Waals surface area contributed by atoms with Crippen LogP contribution in [-0.4, -0.2) is 32.6 Å². The van der Waals surface area contributed by atoms with Crippen LogP contribution in [0.25, 0.3) is 0 Å². The molecule has 0 spiro atoms. The molecule has 2 heterocycles.